The molecule has 2 heterocycles. The third-order valence-electron chi connectivity index (χ3n) is 3.71. The molecule has 1 saturated heterocycles. The summed E-state index contributed by atoms with van der Waals surface area (Å²) in [4.78, 5) is 22.8. The SMILES string of the molecule is Cc1cnc(C(=O)N(CC2CCCCN2)C(C)C)cn1. The van der Waals surface area contributed by atoms with Crippen LogP contribution in [0, 0.1) is 6.92 Å². The highest BCUT2D eigenvalue weighted by molar-refractivity contribution is 5.92. The fourth-order valence-electron chi connectivity index (χ4n) is 2.50. The third kappa shape index (κ3) is 3.76. The average Bonchev–Trinajstić information content (AvgIpc) is 2.45. The zero-order chi connectivity index (χ0) is 14.5. The fourth-order valence-corrected chi connectivity index (χ4v) is 2.50. The summed E-state index contributed by atoms with van der Waals surface area (Å²) in [6.45, 7) is 7.75. The van der Waals surface area contributed by atoms with Crippen LogP contribution in [0.1, 0.15) is 49.3 Å². The standard InChI is InChI=1S/C15H24N4O/c1-11(2)19(10-13-6-4-5-7-16-13)15(20)14-9-17-12(3)8-18-14/h8-9,11,13,16H,4-7,10H2,1-3H3. The number of aromatic nitrogens is 2. The molecule has 0 spiro atoms. The molecule has 5 heteroatoms. The molecule has 1 unspecified atom stereocenters. The maximum atomic E-state index is 12.6. The van der Waals surface area contributed by atoms with Crippen LogP contribution in [0.15, 0.2) is 12.4 Å². The molecule has 1 amide bonds. The number of rotatable bonds is 4. The lowest BCUT2D eigenvalue weighted by Crippen LogP contribution is -2.48. The lowest BCUT2D eigenvalue weighted by atomic mass is 10.0. The van der Waals surface area contributed by atoms with E-state index in [0.717, 1.165) is 25.2 Å². The second kappa shape index (κ2) is 6.79. The molecule has 0 radical (unpaired) electrons. The highest BCUT2D eigenvalue weighted by atomic mass is 16.2. The van der Waals surface area contributed by atoms with Gasteiger partial charge in [-0.05, 0) is 40.2 Å². The highest BCUT2D eigenvalue weighted by Gasteiger charge is 2.24. The quantitative estimate of drug-likeness (QED) is 0.910. The van der Waals surface area contributed by atoms with Crippen molar-refractivity contribution >= 4 is 5.91 Å². The number of nitrogens with one attached hydrogen (secondary N) is 1. The minimum absolute atomic E-state index is 0.0279. The summed E-state index contributed by atoms with van der Waals surface area (Å²) < 4.78 is 0. The first kappa shape index (κ1) is 14.9. The molecule has 0 aromatic carbocycles. The van der Waals surface area contributed by atoms with Gasteiger partial charge in [0.1, 0.15) is 5.69 Å². The van der Waals surface area contributed by atoms with E-state index in [1.54, 1.807) is 12.4 Å². The van der Waals surface area contributed by atoms with Gasteiger partial charge in [-0.3, -0.25) is 9.78 Å². The van der Waals surface area contributed by atoms with Crippen LogP contribution in [0.2, 0.25) is 0 Å². The number of piperidine rings is 1. The summed E-state index contributed by atoms with van der Waals surface area (Å²) in [5.74, 6) is -0.0279. The fraction of sp³-hybridized carbons (Fsp3) is 0.667. The van der Waals surface area contributed by atoms with Gasteiger partial charge in [-0.1, -0.05) is 6.42 Å². The van der Waals surface area contributed by atoms with Crippen molar-refractivity contribution < 1.29 is 4.79 Å². The van der Waals surface area contributed by atoms with Crippen molar-refractivity contribution in [3.63, 3.8) is 0 Å². The number of carbonyl (C=O) groups is 1. The molecule has 1 atom stereocenters. The first-order chi connectivity index (χ1) is 9.58. The Morgan fingerprint density at radius 2 is 2.20 bits per heavy atom. The van der Waals surface area contributed by atoms with Crippen LogP contribution in [0.25, 0.3) is 0 Å². The monoisotopic (exact) mass is 276 g/mol. The van der Waals surface area contributed by atoms with E-state index in [9.17, 15) is 4.79 Å². The molecule has 0 bridgehead atoms. The van der Waals surface area contributed by atoms with Crippen LogP contribution in [-0.4, -0.2) is 45.9 Å². The Hall–Kier alpha value is -1.49. The van der Waals surface area contributed by atoms with Gasteiger partial charge in [0, 0.05) is 24.8 Å². The van der Waals surface area contributed by atoms with Crippen molar-refractivity contribution in [2.24, 2.45) is 0 Å². The Morgan fingerprint density at radius 3 is 2.75 bits per heavy atom. The maximum Gasteiger partial charge on any atom is 0.274 e. The molecule has 5 nitrogen and oxygen atoms in total. The molecule has 20 heavy (non-hydrogen) atoms. The van der Waals surface area contributed by atoms with Gasteiger partial charge in [-0.25, -0.2) is 4.98 Å². The van der Waals surface area contributed by atoms with E-state index in [1.807, 2.05) is 25.7 Å². The maximum absolute atomic E-state index is 12.6. The number of nitrogens with zero attached hydrogens (tertiary/aromatic N) is 3. The highest BCUT2D eigenvalue weighted by Crippen LogP contribution is 2.12. The predicted octanol–water partition coefficient (Wildman–Crippen LogP) is 1.78. The molecule has 1 aromatic heterocycles. The molecule has 0 saturated carbocycles. The second-order valence-corrected chi connectivity index (χ2v) is 5.74. The van der Waals surface area contributed by atoms with Gasteiger partial charge in [-0.15, -0.1) is 0 Å². The van der Waals surface area contributed by atoms with Gasteiger partial charge in [-0.2, -0.15) is 0 Å². The summed E-state index contributed by atoms with van der Waals surface area (Å²) in [5.41, 5.74) is 1.26. The Bertz CT molecular complexity index is 438. The molecule has 2 rings (SSSR count). The van der Waals surface area contributed by atoms with E-state index in [0.29, 0.717) is 11.7 Å². The van der Waals surface area contributed by atoms with Crippen molar-refractivity contribution in [1.29, 1.82) is 0 Å². The van der Waals surface area contributed by atoms with Gasteiger partial charge in [0.15, 0.2) is 0 Å². The molecule has 1 aliphatic heterocycles. The normalized spacial score (nSPS) is 19.1. The Labute approximate surface area is 120 Å². The molecule has 0 aliphatic carbocycles. The Kier molecular flexibility index (Phi) is 5.06. The number of aryl methyl sites for hydroxylation is 1. The summed E-state index contributed by atoms with van der Waals surface area (Å²) in [5, 5.41) is 3.49. The summed E-state index contributed by atoms with van der Waals surface area (Å²) in [6, 6.07) is 0.558. The lowest BCUT2D eigenvalue weighted by molar-refractivity contribution is 0.0670. The van der Waals surface area contributed by atoms with Crippen LogP contribution >= 0.6 is 0 Å². The van der Waals surface area contributed by atoms with Crippen LogP contribution in [0.5, 0.6) is 0 Å². The molecule has 1 fully saturated rings. The van der Waals surface area contributed by atoms with Crippen molar-refractivity contribution in [3.05, 3.63) is 23.8 Å². The molecular weight excluding hydrogens is 252 g/mol. The molecule has 1 aromatic rings. The van der Waals surface area contributed by atoms with E-state index in [-0.39, 0.29) is 11.9 Å². The van der Waals surface area contributed by atoms with E-state index >= 15 is 0 Å². The van der Waals surface area contributed by atoms with Gasteiger partial charge in [0.05, 0.1) is 11.9 Å². The molecule has 1 aliphatic rings. The summed E-state index contributed by atoms with van der Waals surface area (Å²) >= 11 is 0. The summed E-state index contributed by atoms with van der Waals surface area (Å²) in [7, 11) is 0. The minimum atomic E-state index is -0.0279. The van der Waals surface area contributed by atoms with E-state index in [2.05, 4.69) is 15.3 Å². The van der Waals surface area contributed by atoms with Crippen LogP contribution in [-0.2, 0) is 0 Å². The lowest BCUT2D eigenvalue weighted by Gasteiger charge is -2.33. The first-order valence-electron chi connectivity index (χ1n) is 7.41. The number of hydrogen-bond donors (Lipinski definition) is 1. The Balaban J connectivity index is 2.07. The van der Waals surface area contributed by atoms with Gasteiger partial charge in [0.2, 0.25) is 0 Å². The van der Waals surface area contributed by atoms with Gasteiger partial charge >= 0.3 is 0 Å². The predicted molar refractivity (Wildman–Crippen MR) is 78.6 cm³/mol. The van der Waals surface area contributed by atoms with E-state index in [4.69, 9.17) is 0 Å². The molecule has 110 valence electrons. The molecular formula is C15H24N4O. The number of hydrogen-bond acceptors (Lipinski definition) is 4. The van der Waals surface area contributed by atoms with E-state index in [1.165, 1.54) is 12.8 Å². The van der Waals surface area contributed by atoms with Crippen molar-refractivity contribution in [3.8, 4) is 0 Å². The zero-order valence-electron chi connectivity index (χ0n) is 12.6. The van der Waals surface area contributed by atoms with Crippen LogP contribution < -0.4 is 5.32 Å². The minimum Gasteiger partial charge on any atom is -0.333 e. The van der Waals surface area contributed by atoms with Crippen LogP contribution in [0.4, 0.5) is 0 Å². The van der Waals surface area contributed by atoms with Crippen molar-refractivity contribution in [1.82, 2.24) is 20.2 Å². The average molecular weight is 276 g/mol. The smallest absolute Gasteiger partial charge is 0.274 e. The van der Waals surface area contributed by atoms with E-state index < -0.39 is 0 Å². The second-order valence-electron chi connectivity index (χ2n) is 5.74. The van der Waals surface area contributed by atoms with Crippen LogP contribution in [0.3, 0.4) is 0 Å². The van der Waals surface area contributed by atoms with Crippen molar-refractivity contribution in [2.75, 3.05) is 13.1 Å². The third-order valence-corrected chi connectivity index (χ3v) is 3.71. The molecule has 1 N–H and O–H groups in total. The topological polar surface area (TPSA) is 58.1 Å². The van der Waals surface area contributed by atoms with Gasteiger partial charge < -0.3 is 10.2 Å². The summed E-state index contributed by atoms with van der Waals surface area (Å²) in [6.07, 6.45) is 6.82. The Morgan fingerprint density at radius 1 is 1.40 bits per heavy atom. The first-order valence-corrected chi connectivity index (χ1v) is 7.41. The van der Waals surface area contributed by atoms with Gasteiger partial charge in [0.25, 0.3) is 5.91 Å². The van der Waals surface area contributed by atoms with Crippen molar-refractivity contribution in [2.45, 2.75) is 52.1 Å². The largest absolute Gasteiger partial charge is 0.333 e. The number of amides is 1. The zero-order valence-corrected chi connectivity index (χ0v) is 12.6. The number of carbonyl (C=O) groups excluding carboxylic acids is 1.